The molecule has 0 aliphatic carbocycles. The van der Waals surface area contributed by atoms with Gasteiger partial charge in [0.05, 0.1) is 33.3 Å². The summed E-state index contributed by atoms with van der Waals surface area (Å²) in [5, 5.41) is 10.5. The number of aromatic nitrogens is 2. The average Bonchev–Trinajstić information content (AvgIpc) is 2.56. The molecule has 88 heavy (non-hydrogen) atoms. The summed E-state index contributed by atoms with van der Waals surface area (Å²) in [5.41, 5.74) is 15.1. The Morgan fingerprint density at radius 2 is 0.705 bits per heavy atom. The van der Waals surface area contributed by atoms with E-state index in [4.69, 9.17) is 15.7 Å². The molecule has 1 aliphatic rings. The van der Waals surface area contributed by atoms with Crippen molar-refractivity contribution in [3.8, 4) is 51.2 Å². The third-order valence-electron chi connectivity index (χ3n) is 17.4. The molecule has 0 unspecified atom stereocenters. The van der Waals surface area contributed by atoms with Crippen molar-refractivity contribution in [1.29, 1.82) is 0 Å². The molecule has 8 heteroatoms. The minimum absolute atomic E-state index is 0.347. The summed E-state index contributed by atoms with van der Waals surface area (Å²) in [6, 6.07) is 100.0. The Labute approximate surface area is 529 Å². The van der Waals surface area contributed by atoms with E-state index in [1.165, 1.54) is 123 Å². The van der Waals surface area contributed by atoms with Crippen molar-refractivity contribution in [1.82, 2.24) is 9.13 Å². The zero-order chi connectivity index (χ0) is 60.1. The van der Waals surface area contributed by atoms with Crippen molar-refractivity contribution >= 4 is 135 Å². The van der Waals surface area contributed by atoms with E-state index in [2.05, 4.69) is 338 Å². The molecule has 0 spiro atoms. The molecule has 424 valence electrons. The molecule has 0 bridgehead atoms. The molecule has 0 atom stereocenters. The van der Waals surface area contributed by atoms with Crippen LogP contribution in [0.15, 0.2) is 284 Å². The van der Waals surface area contributed by atoms with Crippen molar-refractivity contribution in [2.75, 3.05) is 0 Å². The minimum Gasteiger partial charge on any atom is -0.697 e. The molecule has 0 N–H and O–H groups in total. The van der Waals surface area contributed by atoms with Gasteiger partial charge in [0.25, 0.3) is 0 Å². The van der Waals surface area contributed by atoms with Crippen LogP contribution >= 0.6 is 38.6 Å². The number of hydrogen-bond acceptors (Lipinski definition) is 4. The minimum atomic E-state index is -0.363. The van der Waals surface area contributed by atoms with Gasteiger partial charge in [0.15, 0.2) is 0 Å². The van der Waals surface area contributed by atoms with Crippen LogP contribution in [0.5, 0.6) is 0 Å². The fraction of sp³-hybridized carbons (Fsp3) is 0.0750. The molecule has 1 aliphatic heterocycles. The van der Waals surface area contributed by atoms with Gasteiger partial charge in [-0.3, -0.25) is 0 Å². The molecule has 0 amide bonds. The molecular formula is C80H59BBrN2O2S2-. The van der Waals surface area contributed by atoms with Crippen LogP contribution in [0.25, 0.3) is 129 Å². The summed E-state index contributed by atoms with van der Waals surface area (Å²) in [7, 11) is -0.363. The van der Waals surface area contributed by atoms with Crippen LogP contribution in [0.4, 0.5) is 0 Å². The molecule has 16 aromatic rings. The Morgan fingerprint density at radius 1 is 0.352 bits per heavy atom. The number of thiophene rings is 2. The summed E-state index contributed by atoms with van der Waals surface area (Å²) in [6.45, 7) is 8.35. The molecule has 4 nitrogen and oxygen atoms in total. The molecule has 0 saturated carbocycles. The SMILES string of the molecule is Brc1cccc(-c2cccc3c2sc2ccccc23)c1.CC1(C)OB(c2cccc(-n3c4ccccc4c4ccccc43)c2)OC1(C)C.[C-]#C.c1cc(-c2cccc(-n3c4ccccc4c4ccccc43)c2)cc(-c2cccc3c2sc2ccccc23)c1. The highest BCUT2D eigenvalue weighted by Crippen LogP contribution is 2.43. The zero-order valence-electron chi connectivity index (χ0n) is 49.1. The van der Waals surface area contributed by atoms with Gasteiger partial charge in [-0.1, -0.05) is 216 Å². The van der Waals surface area contributed by atoms with Gasteiger partial charge >= 0.3 is 7.12 Å². The molecule has 1 saturated heterocycles. The number of rotatable bonds is 6. The summed E-state index contributed by atoms with van der Waals surface area (Å²) in [6.07, 6.45) is 9.00. The van der Waals surface area contributed by atoms with Crippen LogP contribution in [0.3, 0.4) is 0 Å². The van der Waals surface area contributed by atoms with Gasteiger partial charge in [0.1, 0.15) is 0 Å². The largest absolute Gasteiger partial charge is 0.697 e. The third kappa shape index (κ3) is 10.2. The Bertz CT molecular complexity index is 5190. The Hall–Kier alpha value is -9.30. The lowest BCUT2D eigenvalue weighted by Gasteiger charge is -2.32. The molecule has 12 aromatic carbocycles. The number of benzene rings is 12. The van der Waals surface area contributed by atoms with Gasteiger partial charge in [-0.25, -0.2) is 0 Å². The number of nitrogens with zero attached hydrogens (tertiary/aromatic N) is 2. The maximum absolute atomic E-state index is 6.27. The number of terminal acetylenes is 1. The molecule has 1 fully saturated rings. The number of fused-ring (bicyclic) bond motifs is 12. The van der Waals surface area contributed by atoms with Crippen molar-refractivity contribution < 1.29 is 9.31 Å². The van der Waals surface area contributed by atoms with Gasteiger partial charge in [-0.2, -0.15) is 0 Å². The van der Waals surface area contributed by atoms with E-state index < -0.39 is 0 Å². The number of halogens is 1. The number of para-hydroxylation sites is 4. The molecule has 5 heterocycles. The quantitative estimate of drug-likeness (QED) is 0.0943. The van der Waals surface area contributed by atoms with Gasteiger partial charge in [0.2, 0.25) is 0 Å². The predicted molar refractivity (Wildman–Crippen MR) is 382 cm³/mol. The van der Waals surface area contributed by atoms with Gasteiger partial charge in [-0.15, -0.1) is 22.7 Å². The van der Waals surface area contributed by atoms with E-state index in [1.807, 2.05) is 22.7 Å². The van der Waals surface area contributed by atoms with E-state index in [-0.39, 0.29) is 18.3 Å². The Morgan fingerprint density at radius 3 is 1.18 bits per heavy atom. The zero-order valence-corrected chi connectivity index (χ0v) is 52.3. The first-order chi connectivity index (χ1) is 43.0. The lowest BCUT2D eigenvalue weighted by atomic mass is 9.79. The summed E-state index contributed by atoms with van der Waals surface area (Å²) in [4.78, 5) is 0. The molecule has 4 aromatic heterocycles. The van der Waals surface area contributed by atoms with Crippen LogP contribution < -0.4 is 5.46 Å². The highest BCUT2D eigenvalue weighted by Gasteiger charge is 2.51. The van der Waals surface area contributed by atoms with E-state index in [0.29, 0.717) is 0 Å². The first-order valence-corrected chi connectivity index (χ1v) is 32.0. The van der Waals surface area contributed by atoms with Crippen LogP contribution in [-0.2, 0) is 9.31 Å². The fourth-order valence-electron chi connectivity index (χ4n) is 12.5. The van der Waals surface area contributed by atoms with E-state index in [0.717, 1.165) is 15.6 Å². The first-order valence-electron chi connectivity index (χ1n) is 29.5. The maximum atomic E-state index is 6.27. The smallest absolute Gasteiger partial charge is 0.494 e. The standard InChI is InChI=1S/C36H23NS.C24H24BNO2.C18H11BrS.C2H/c1-4-19-33-29(14-1)30-15-2-5-20-34(30)37(33)27-13-8-11-25(23-27)24-10-7-12-26(22-24)28-17-9-18-32-31-16-3-6-21-35(31)38-36(28)32;1-23(2)24(3,4)28-25(27-23)17-10-9-11-18(16-17)26-21-14-7-5-12-19(21)20-13-6-8-15-22(20)26;19-13-6-3-5-12(11-13)14-8-4-9-16-15-7-1-2-10-17(15)20-18(14)16;1-2/h1-23H;5-16H,1-4H3;1-11H;1H/q;;;-1. The predicted octanol–water partition coefficient (Wildman–Crippen LogP) is 22.3. The summed E-state index contributed by atoms with van der Waals surface area (Å²) in [5.74, 6) is 0. The summed E-state index contributed by atoms with van der Waals surface area (Å²) >= 11 is 7.32. The van der Waals surface area contributed by atoms with Gasteiger partial charge in [0, 0.05) is 77.7 Å². The van der Waals surface area contributed by atoms with E-state index >= 15 is 0 Å². The number of hydrogen-bond donors (Lipinski definition) is 0. The van der Waals surface area contributed by atoms with E-state index in [1.54, 1.807) is 0 Å². The maximum Gasteiger partial charge on any atom is 0.494 e. The second kappa shape index (κ2) is 23.4. The lowest BCUT2D eigenvalue weighted by Crippen LogP contribution is -2.41. The van der Waals surface area contributed by atoms with Crippen molar-refractivity contribution in [2.45, 2.75) is 38.9 Å². The fourth-order valence-corrected chi connectivity index (χ4v) is 15.4. The van der Waals surface area contributed by atoms with Crippen molar-refractivity contribution in [2.24, 2.45) is 0 Å². The third-order valence-corrected chi connectivity index (χ3v) is 20.3. The second-order valence-corrected chi connectivity index (χ2v) is 26.1. The van der Waals surface area contributed by atoms with E-state index in [9.17, 15) is 0 Å². The van der Waals surface area contributed by atoms with Gasteiger partial charge < -0.3 is 31.3 Å². The lowest BCUT2D eigenvalue weighted by molar-refractivity contribution is 0.00578. The normalized spacial score (nSPS) is 13.4. The Kier molecular flexibility index (Phi) is 15.0. The Balaban J connectivity index is 0.000000120. The van der Waals surface area contributed by atoms with Crippen LogP contribution in [0.1, 0.15) is 27.7 Å². The first kappa shape index (κ1) is 56.5. The van der Waals surface area contributed by atoms with Crippen molar-refractivity contribution in [3.63, 3.8) is 0 Å². The monoisotopic (exact) mass is 1230 g/mol. The molecule has 17 rings (SSSR count). The van der Waals surface area contributed by atoms with Crippen LogP contribution in [-0.4, -0.2) is 27.5 Å². The van der Waals surface area contributed by atoms with Crippen molar-refractivity contribution in [3.05, 3.63) is 290 Å². The topological polar surface area (TPSA) is 28.3 Å². The summed E-state index contributed by atoms with van der Waals surface area (Å²) < 4.78 is 23.8. The second-order valence-electron chi connectivity index (χ2n) is 23.1. The highest BCUT2D eigenvalue weighted by molar-refractivity contribution is 9.10. The average molecular weight is 1240 g/mol. The molecule has 0 radical (unpaired) electrons. The highest BCUT2D eigenvalue weighted by atomic mass is 79.9. The van der Waals surface area contributed by atoms with Crippen LogP contribution in [0.2, 0.25) is 0 Å². The van der Waals surface area contributed by atoms with Gasteiger partial charge in [-0.05, 0) is 145 Å². The molecular weight excluding hydrogens is 1180 g/mol. The van der Waals surface area contributed by atoms with Crippen LogP contribution in [0, 0.1) is 12.8 Å².